The number of rotatable bonds is 2. The van der Waals surface area contributed by atoms with Crippen molar-refractivity contribution in [1.29, 1.82) is 15.8 Å². The average Bonchev–Trinajstić information content (AvgIpc) is 3.52. The van der Waals surface area contributed by atoms with Crippen LogP contribution in [-0.4, -0.2) is 9.13 Å². The van der Waals surface area contributed by atoms with Gasteiger partial charge in [0.15, 0.2) is 0 Å². The van der Waals surface area contributed by atoms with E-state index in [9.17, 15) is 29.0 Å². The number of fused-ring (bicyclic) bond motifs is 7. The summed E-state index contributed by atoms with van der Waals surface area (Å²) in [4.78, 5) is 0. The molecule has 5 aromatic carbocycles. The van der Waals surface area contributed by atoms with Crippen LogP contribution in [-0.2, 0) is 6.18 Å². The fourth-order valence-corrected chi connectivity index (χ4v) is 6.01. The lowest BCUT2D eigenvalue weighted by atomic mass is 10.1. The zero-order valence-electron chi connectivity index (χ0n) is 21.6. The molecule has 0 spiro atoms. The standard InChI is InChI=1S/C34H16F3N5/c35-34(36,37)26-9-5-6-22(19-40)33(26)42-28-11-4-2-8-25(28)32-30(42)13-12-29-31(32)24-7-1-3-10-27(24)41(29)23-15-20(17-38)14-21(16-23)18-39/h1-16H. The Morgan fingerprint density at radius 2 is 1.10 bits per heavy atom. The van der Waals surface area contributed by atoms with Crippen LogP contribution in [0, 0.1) is 34.0 Å². The first-order chi connectivity index (χ1) is 20.4. The van der Waals surface area contributed by atoms with Gasteiger partial charge in [0.2, 0.25) is 0 Å². The fraction of sp³-hybridized carbons (Fsp3) is 0.0294. The highest BCUT2D eigenvalue weighted by atomic mass is 19.4. The van der Waals surface area contributed by atoms with Gasteiger partial charge in [0, 0.05) is 27.2 Å². The van der Waals surface area contributed by atoms with Gasteiger partial charge in [-0.3, -0.25) is 0 Å². The number of benzene rings is 5. The van der Waals surface area contributed by atoms with Crippen molar-refractivity contribution >= 4 is 43.6 Å². The van der Waals surface area contributed by atoms with Crippen LogP contribution < -0.4 is 0 Å². The summed E-state index contributed by atoms with van der Waals surface area (Å²) in [5.41, 5.74) is 2.69. The van der Waals surface area contributed by atoms with Crippen LogP contribution in [0.5, 0.6) is 0 Å². The van der Waals surface area contributed by atoms with Gasteiger partial charge in [-0.15, -0.1) is 0 Å². The lowest BCUT2D eigenvalue weighted by molar-refractivity contribution is -0.137. The predicted octanol–water partition coefficient (Wildman–Crippen LogP) is 8.51. The summed E-state index contributed by atoms with van der Waals surface area (Å²) in [5.74, 6) is 0. The number of para-hydroxylation sites is 3. The van der Waals surface area contributed by atoms with E-state index in [2.05, 4.69) is 12.1 Å². The highest BCUT2D eigenvalue weighted by Crippen LogP contribution is 2.44. The van der Waals surface area contributed by atoms with Crippen LogP contribution in [0.25, 0.3) is 55.0 Å². The normalized spacial score (nSPS) is 11.6. The van der Waals surface area contributed by atoms with E-state index in [1.54, 1.807) is 30.3 Å². The Balaban J connectivity index is 1.71. The molecule has 0 aliphatic rings. The van der Waals surface area contributed by atoms with Crippen molar-refractivity contribution in [2.45, 2.75) is 6.18 Å². The molecule has 0 unspecified atom stereocenters. The highest BCUT2D eigenvalue weighted by molar-refractivity contribution is 6.29. The van der Waals surface area contributed by atoms with Crippen LogP contribution in [0.3, 0.4) is 0 Å². The van der Waals surface area contributed by atoms with Crippen molar-refractivity contribution in [3.63, 3.8) is 0 Å². The third kappa shape index (κ3) is 3.48. The van der Waals surface area contributed by atoms with Crippen LogP contribution in [0.15, 0.2) is 97.1 Å². The Hall–Kier alpha value is -6.04. The van der Waals surface area contributed by atoms with Gasteiger partial charge in [-0.05, 0) is 54.6 Å². The molecule has 0 saturated carbocycles. The smallest absolute Gasteiger partial charge is 0.309 e. The molecule has 42 heavy (non-hydrogen) atoms. The molecule has 0 amide bonds. The monoisotopic (exact) mass is 551 g/mol. The van der Waals surface area contributed by atoms with Gasteiger partial charge in [0.05, 0.1) is 62.1 Å². The molecule has 0 aliphatic heterocycles. The summed E-state index contributed by atoms with van der Waals surface area (Å²) in [5, 5.41) is 32.3. The molecule has 2 aromatic heterocycles. The zero-order valence-corrected chi connectivity index (χ0v) is 21.6. The van der Waals surface area contributed by atoms with Gasteiger partial charge in [0.1, 0.15) is 6.07 Å². The summed E-state index contributed by atoms with van der Waals surface area (Å²) < 4.78 is 46.6. The quantitative estimate of drug-likeness (QED) is 0.216. The number of nitrogens with zero attached hydrogens (tertiary/aromatic N) is 5. The highest BCUT2D eigenvalue weighted by Gasteiger charge is 2.36. The number of alkyl halides is 3. The maximum Gasteiger partial charge on any atom is 0.418 e. The third-order valence-corrected chi connectivity index (χ3v) is 7.59. The Bertz CT molecular complexity index is 2360. The lowest BCUT2D eigenvalue weighted by Gasteiger charge is -2.17. The Labute approximate surface area is 236 Å². The maximum absolute atomic E-state index is 14.4. The molecule has 0 fully saturated rings. The summed E-state index contributed by atoms with van der Waals surface area (Å²) in [6, 6.07) is 33.2. The molecule has 5 nitrogen and oxygen atoms in total. The fourth-order valence-electron chi connectivity index (χ4n) is 6.01. The average molecular weight is 552 g/mol. The molecule has 0 radical (unpaired) electrons. The zero-order chi connectivity index (χ0) is 29.2. The molecule has 0 N–H and O–H groups in total. The van der Waals surface area contributed by atoms with Gasteiger partial charge < -0.3 is 9.13 Å². The first-order valence-corrected chi connectivity index (χ1v) is 12.9. The number of nitriles is 3. The van der Waals surface area contributed by atoms with Crippen molar-refractivity contribution in [3.05, 3.63) is 119 Å². The minimum Gasteiger partial charge on any atom is -0.309 e. The van der Waals surface area contributed by atoms with Crippen LogP contribution in [0.1, 0.15) is 22.3 Å². The summed E-state index contributed by atoms with van der Waals surface area (Å²) in [6.07, 6.45) is -4.69. The number of aromatic nitrogens is 2. The van der Waals surface area contributed by atoms with E-state index >= 15 is 0 Å². The van der Waals surface area contributed by atoms with Crippen molar-refractivity contribution in [3.8, 4) is 29.6 Å². The summed E-state index contributed by atoms with van der Waals surface area (Å²) >= 11 is 0. The predicted molar refractivity (Wildman–Crippen MR) is 154 cm³/mol. The van der Waals surface area contributed by atoms with Crippen molar-refractivity contribution in [2.75, 3.05) is 0 Å². The second-order valence-corrected chi connectivity index (χ2v) is 9.86. The third-order valence-electron chi connectivity index (χ3n) is 7.59. The molecule has 2 heterocycles. The minimum atomic E-state index is -4.69. The minimum absolute atomic E-state index is 0.0904. The summed E-state index contributed by atoms with van der Waals surface area (Å²) in [7, 11) is 0. The van der Waals surface area contributed by atoms with Crippen LogP contribution in [0.2, 0.25) is 0 Å². The van der Waals surface area contributed by atoms with Gasteiger partial charge in [0.25, 0.3) is 0 Å². The number of halogens is 3. The Kier molecular flexibility index (Phi) is 5.34. The van der Waals surface area contributed by atoms with E-state index in [1.807, 2.05) is 53.1 Å². The molecule has 8 heteroatoms. The Morgan fingerprint density at radius 1 is 0.548 bits per heavy atom. The van der Waals surface area contributed by atoms with Gasteiger partial charge in [-0.25, -0.2) is 0 Å². The second-order valence-electron chi connectivity index (χ2n) is 9.86. The summed E-state index contributed by atoms with van der Waals surface area (Å²) in [6.45, 7) is 0. The van der Waals surface area contributed by atoms with Gasteiger partial charge in [-0.2, -0.15) is 29.0 Å². The van der Waals surface area contributed by atoms with Gasteiger partial charge in [-0.1, -0.05) is 42.5 Å². The number of hydrogen-bond acceptors (Lipinski definition) is 3. The van der Waals surface area contributed by atoms with E-state index in [0.29, 0.717) is 27.8 Å². The van der Waals surface area contributed by atoms with Gasteiger partial charge >= 0.3 is 6.18 Å². The topological polar surface area (TPSA) is 81.2 Å². The van der Waals surface area contributed by atoms with E-state index in [4.69, 9.17) is 0 Å². The van der Waals surface area contributed by atoms with Crippen molar-refractivity contribution in [1.82, 2.24) is 9.13 Å². The molecule has 198 valence electrons. The maximum atomic E-state index is 14.4. The molecular weight excluding hydrogens is 535 g/mol. The molecule has 7 rings (SSSR count). The SMILES string of the molecule is N#Cc1cc(C#N)cc(-n2c3ccccc3c3c4c5ccccc5n(-c5c(C#N)cccc5C(F)(F)F)c4ccc32)c1. The van der Waals surface area contributed by atoms with E-state index in [0.717, 1.165) is 38.6 Å². The van der Waals surface area contributed by atoms with E-state index in [-0.39, 0.29) is 11.3 Å². The molecule has 0 bridgehead atoms. The first kappa shape index (κ1) is 25.0. The molecule has 0 aliphatic carbocycles. The molecule has 0 saturated heterocycles. The van der Waals surface area contributed by atoms with Crippen molar-refractivity contribution in [2.24, 2.45) is 0 Å². The van der Waals surface area contributed by atoms with E-state index in [1.165, 1.54) is 22.8 Å². The molecular formula is C34H16F3N5. The van der Waals surface area contributed by atoms with Crippen LogP contribution >= 0.6 is 0 Å². The molecule has 7 aromatic rings. The first-order valence-electron chi connectivity index (χ1n) is 12.9. The number of hydrogen-bond donors (Lipinski definition) is 0. The van der Waals surface area contributed by atoms with Crippen LogP contribution in [0.4, 0.5) is 13.2 Å². The molecule has 0 atom stereocenters. The Morgan fingerprint density at radius 3 is 1.64 bits per heavy atom. The largest absolute Gasteiger partial charge is 0.418 e. The van der Waals surface area contributed by atoms with E-state index < -0.39 is 11.7 Å². The second kappa shape index (κ2) is 8.99. The lowest BCUT2D eigenvalue weighted by Crippen LogP contribution is -2.12. The van der Waals surface area contributed by atoms with Crippen molar-refractivity contribution < 1.29 is 13.2 Å².